The van der Waals surface area contributed by atoms with Gasteiger partial charge in [0.2, 0.25) is 0 Å². The number of phosphoric acid groups is 1. The summed E-state index contributed by atoms with van der Waals surface area (Å²) in [4.78, 5) is 33.3. The average Bonchev–Trinajstić information content (AvgIpc) is 3.14. The molecule has 0 saturated carbocycles. The van der Waals surface area contributed by atoms with Crippen LogP contribution in [-0.2, 0) is 32.7 Å². The maximum absolute atomic E-state index is 12.4. The normalized spacial score (nSPS) is 14.2. The second-order valence-corrected chi connectivity index (χ2v) is 15.9. The van der Waals surface area contributed by atoms with Gasteiger partial charge in [0, 0.05) is 13.0 Å². The van der Waals surface area contributed by atoms with E-state index in [2.05, 4.69) is 38.2 Å². The molecule has 53 heavy (non-hydrogen) atoms. The maximum Gasteiger partial charge on any atom is 0.472 e. The number of unbranched alkanes of at least 4 members (excludes halogenated alkanes) is 23. The number of carboxylic acids is 1. The molecule has 0 bridgehead atoms. The zero-order chi connectivity index (χ0) is 39.1. The van der Waals surface area contributed by atoms with Gasteiger partial charge in [0.15, 0.2) is 0 Å². The molecule has 0 aromatic rings. The third-order valence-corrected chi connectivity index (χ3v) is 10.2. The number of esters is 1. The number of carboxylic acid groups (broad SMARTS) is 1. The van der Waals surface area contributed by atoms with Gasteiger partial charge in [0.1, 0.15) is 18.8 Å². The second-order valence-electron chi connectivity index (χ2n) is 14.5. The first-order valence-corrected chi connectivity index (χ1v) is 22.9. The molecule has 0 rings (SSSR count). The first kappa shape index (κ1) is 51.5. The molecule has 0 fully saturated rings. The van der Waals surface area contributed by atoms with Crippen LogP contribution in [0.3, 0.4) is 0 Å². The van der Waals surface area contributed by atoms with Gasteiger partial charge < -0.3 is 25.2 Å². The van der Waals surface area contributed by atoms with E-state index >= 15 is 0 Å². The van der Waals surface area contributed by atoms with E-state index in [1.807, 2.05) is 0 Å². The Morgan fingerprint density at radius 2 is 1.04 bits per heavy atom. The molecule has 0 aliphatic heterocycles. The molecule has 0 radical (unpaired) electrons. The SMILES string of the molecule is CCCCC/C=C\C/C=C\CCCCCCCCOC(COC(=O)CCCCCCCCCCCCCCCCC)COP(=O)(O)OCC(N)C(=O)O. The first-order valence-electron chi connectivity index (χ1n) is 21.4. The maximum atomic E-state index is 12.4. The zero-order valence-corrected chi connectivity index (χ0v) is 34.8. The monoisotopic (exact) mass is 774 g/mol. The molecule has 10 nitrogen and oxygen atoms in total. The van der Waals surface area contributed by atoms with Crippen LogP contribution in [0.2, 0.25) is 0 Å². The van der Waals surface area contributed by atoms with Crippen molar-refractivity contribution >= 4 is 19.8 Å². The smallest absolute Gasteiger partial charge is 0.472 e. The molecular weight excluding hydrogens is 693 g/mol. The Morgan fingerprint density at radius 3 is 1.57 bits per heavy atom. The minimum Gasteiger partial charge on any atom is -0.480 e. The summed E-state index contributed by atoms with van der Waals surface area (Å²) in [6.45, 7) is 3.71. The van der Waals surface area contributed by atoms with Gasteiger partial charge in [-0.15, -0.1) is 0 Å². The van der Waals surface area contributed by atoms with Crippen LogP contribution in [-0.4, -0.2) is 60.5 Å². The summed E-state index contributed by atoms with van der Waals surface area (Å²) < 4.78 is 33.4. The van der Waals surface area contributed by atoms with Crippen LogP contribution in [0.15, 0.2) is 24.3 Å². The summed E-state index contributed by atoms with van der Waals surface area (Å²) in [7, 11) is -4.58. The van der Waals surface area contributed by atoms with Gasteiger partial charge in [-0.3, -0.25) is 18.6 Å². The lowest BCUT2D eigenvalue weighted by atomic mass is 10.0. The number of aliphatic carboxylic acids is 1. The van der Waals surface area contributed by atoms with E-state index in [1.165, 1.54) is 116 Å². The number of rotatable bonds is 41. The zero-order valence-electron chi connectivity index (χ0n) is 33.9. The van der Waals surface area contributed by atoms with Gasteiger partial charge in [-0.25, -0.2) is 4.57 Å². The first-order chi connectivity index (χ1) is 25.7. The van der Waals surface area contributed by atoms with E-state index in [1.54, 1.807) is 0 Å². The Labute approximate surface area is 324 Å². The van der Waals surface area contributed by atoms with Gasteiger partial charge >= 0.3 is 19.8 Å². The van der Waals surface area contributed by atoms with E-state index in [0.29, 0.717) is 13.0 Å². The molecule has 11 heteroatoms. The highest BCUT2D eigenvalue weighted by atomic mass is 31.2. The number of hydrogen-bond acceptors (Lipinski definition) is 8. The number of nitrogens with two attached hydrogens (primary N) is 1. The van der Waals surface area contributed by atoms with E-state index < -0.39 is 32.5 Å². The molecule has 0 aromatic heterocycles. The van der Waals surface area contributed by atoms with Crippen LogP contribution in [0.4, 0.5) is 0 Å². The van der Waals surface area contributed by atoms with Crippen molar-refractivity contribution in [3.05, 3.63) is 24.3 Å². The minimum atomic E-state index is -4.58. The molecule has 3 unspecified atom stereocenters. The summed E-state index contributed by atoms with van der Waals surface area (Å²) in [5.41, 5.74) is 5.35. The molecule has 0 aliphatic carbocycles. The molecule has 0 heterocycles. The van der Waals surface area contributed by atoms with Crippen LogP contribution >= 0.6 is 7.82 Å². The van der Waals surface area contributed by atoms with E-state index in [9.17, 15) is 19.0 Å². The molecule has 3 atom stereocenters. The highest BCUT2D eigenvalue weighted by Crippen LogP contribution is 2.43. The highest BCUT2D eigenvalue weighted by Gasteiger charge is 2.27. The number of phosphoric ester groups is 1. The number of hydrogen-bond donors (Lipinski definition) is 3. The average molecular weight is 774 g/mol. The fourth-order valence-electron chi connectivity index (χ4n) is 5.84. The van der Waals surface area contributed by atoms with Gasteiger partial charge in [-0.2, -0.15) is 0 Å². The molecule has 4 N–H and O–H groups in total. The van der Waals surface area contributed by atoms with E-state index in [4.69, 9.17) is 29.4 Å². The second kappa shape index (κ2) is 38.7. The number of carbonyl (C=O) groups is 2. The molecule has 0 spiro atoms. The standard InChI is InChI=1S/C42H80NO9P/c1-3-5-7-9-11-13-15-17-19-21-23-25-27-29-31-33-35-49-39(37-51-53(47,48)52-38-40(43)42(45)46)36-50-41(44)34-32-30-28-26-24-22-20-18-16-14-12-10-8-6-4-2/h11,13,17,19,39-40H,3-10,12,14-16,18,20-38,43H2,1-2H3,(H,45,46)(H,47,48)/b13-11-,19-17-. The molecular formula is C42H80NO9P. The third kappa shape index (κ3) is 38.5. The van der Waals surface area contributed by atoms with Crippen LogP contribution in [0.25, 0.3) is 0 Å². The topological polar surface area (TPSA) is 155 Å². The van der Waals surface area contributed by atoms with Crippen molar-refractivity contribution in [1.82, 2.24) is 0 Å². The van der Waals surface area contributed by atoms with Crippen molar-refractivity contribution in [2.24, 2.45) is 5.73 Å². The van der Waals surface area contributed by atoms with Gasteiger partial charge in [0.25, 0.3) is 0 Å². The molecule has 0 aromatic carbocycles. The van der Waals surface area contributed by atoms with Crippen molar-refractivity contribution in [3.63, 3.8) is 0 Å². The predicted octanol–water partition coefficient (Wildman–Crippen LogP) is 11.5. The Hall–Kier alpha value is -1.55. The Kier molecular flexibility index (Phi) is 37.6. The quantitative estimate of drug-likeness (QED) is 0.0237. The van der Waals surface area contributed by atoms with Gasteiger partial charge in [-0.05, 0) is 44.9 Å². The third-order valence-electron chi connectivity index (χ3n) is 9.27. The van der Waals surface area contributed by atoms with E-state index in [-0.39, 0.29) is 19.2 Å². The minimum absolute atomic E-state index is 0.117. The summed E-state index contributed by atoms with van der Waals surface area (Å²) in [6.07, 6.45) is 40.9. The fraction of sp³-hybridized carbons (Fsp3) is 0.857. The highest BCUT2D eigenvalue weighted by molar-refractivity contribution is 7.47. The van der Waals surface area contributed by atoms with E-state index in [0.717, 1.165) is 57.8 Å². The van der Waals surface area contributed by atoms with Gasteiger partial charge in [0.05, 0.1) is 13.2 Å². The van der Waals surface area contributed by atoms with Crippen LogP contribution in [0, 0.1) is 0 Å². The van der Waals surface area contributed by atoms with Crippen molar-refractivity contribution in [1.29, 1.82) is 0 Å². The molecule has 0 amide bonds. The van der Waals surface area contributed by atoms with Crippen LogP contribution in [0.1, 0.15) is 194 Å². The Morgan fingerprint density at radius 1 is 0.604 bits per heavy atom. The number of allylic oxidation sites excluding steroid dienone is 4. The lowest BCUT2D eigenvalue weighted by Gasteiger charge is -2.20. The molecule has 0 saturated heterocycles. The largest absolute Gasteiger partial charge is 0.480 e. The lowest BCUT2D eigenvalue weighted by Crippen LogP contribution is -2.34. The summed E-state index contributed by atoms with van der Waals surface area (Å²) in [6, 6.07) is -1.46. The van der Waals surface area contributed by atoms with Crippen LogP contribution in [0.5, 0.6) is 0 Å². The Balaban J connectivity index is 4.25. The summed E-state index contributed by atoms with van der Waals surface area (Å²) >= 11 is 0. The van der Waals surface area contributed by atoms with Crippen LogP contribution < -0.4 is 5.73 Å². The fourth-order valence-corrected chi connectivity index (χ4v) is 6.62. The van der Waals surface area contributed by atoms with Gasteiger partial charge in [-0.1, -0.05) is 167 Å². The number of ether oxygens (including phenoxy) is 2. The summed E-state index contributed by atoms with van der Waals surface area (Å²) in [5.74, 6) is -1.70. The number of carbonyl (C=O) groups excluding carboxylic acids is 1. The summed E-state index contributed by atoms with van der Waals surface area (Å²) in [5, 5.41) is 8.89. The lowest BCUT2D eigenvalue weighted by molar-refractivity contribution is -0.149. The van der Waals surface area contributed by atoms with Crippen molar-refractivity contribution in [3.8, 4) is 0 Å². The predicted molar refractivity (Wildman–Crippen MR) is 217 cm³/mol. The van der Waals surface area contributed by atoms with Crippen molar-refractivity contribution in [2.45, 2.75) is 206 Å². The Bertz CT molecular complexity index is 946. The van der Waals surface area contributed by atoms with Crippen molar-refractivity contribution in [2.75, 3.05) is 26.4 Å². The molecule has 0 aliphatic rings. The molecule has 312 valence electrons. The van der Waals surface area contributed by atoms with Crippen molar-refractivity contribution < 1.29 is 42.7 Å².